The Labute approximate surface area is 129 Å². The Hall–Kier alpha value is -1.13. The minimum Gasteiger partial charge on any atom is -0.372 e. The monoisotopic (exact) mass is 295 g/mol. The summed E-state index contributed by atoms with van der Waals surface area (Å²) in [6.45, 7) is 7.88. The van der Waals surface area contributed by atoms with E-state index in [1.165, 1.54) is 0 Å². The number of hydrogen-bond acceptors (Lipinski definition) is 3. The zero-order valence-electron chi connectivity index (χ0n) is 14.1. The van der Waals surface area contributed by atoms with Crippen molar-refractivity contribution in [1.82, 2.24) is 10.2 Å². The van der Waals surface area contributed by atoms with Gasteiger partial charge in [-0.2, -0.15) is 0 Å². The zero-order valence-corrected chi connectivity index (χ0v) is 14.1. The molecule has 0 spiro atoms. The van der Waals surface area contributed by atoms with E-state index in [4.69, 9.17) is 0 Å². The second kappa shape index (κ2) is 9.00. The Balaban J connectivity index is 2.52. The van der Waals surface area contributed by atoms with Crippen molar-refractivity contribution in [3.63, 3.8) is 0 Å². The molecule has 3 nitrogen and oxygen atoms in total. The van der Waals surface area contributed by atoms with Gasteiger partial charge in [0.15, 0.2) is 0 Å². The quantitative estimate of drug-likeness (QED) is 0.755. The van der Waals surface area contributed by atoms with Gasteiger partial charge >= 0.3 is 0 Å². The molecule has 4 heteroatoms. The number of nitrogens with one attached hydrogen (secondary N) is 1. The van der Waals surface area contributed by atoms with Crippen LogP contribution in [-0.4, -0.2) is 45.7 Å². The summed E-state index contributed by atoms with van der Waals surface area (Å²) in [4.78, 5) is 4.14. The molecule has 0 unspecified atom stereocenters. The molecule has 0 aliphatic heterocycles. The summed E-state index contributed by atoms with van der Waals surface area (Å²) in [6.07, 6.45) is 1.03. The summed E-state index contributed by atoms with van der Waals surface area (Å²) in [5.41, 5.74) is 1.68. The standard InChI is InChI=1S/C17H30FN3/c1-14(2)12-19-13-15-7-8-17(16(18)11-15)21(5)10-6-9-20(3)4/h7-8,11,14,19H,6,9-10,12-13H2,1-5H3. The normalized spacial score (nSPS) is 11.4. The van der Waals surface area contributed by atoms with Crippen LogP contribution in [0.2, 0.25) is 0 Å². The van der Waals surface area contributed by atoms with Crippen LogP contribution in [0.25, 0.3) is 0 Å². The number of nitrogens with zero attached hydrogens (tertiary/aromatic N) is 2. The van der Waals surface area contributed by atoms with Crippen molar-refractivity contribution in [2.45, 2.75) is 26.8 Å². The van der Waals surface area contributed by atoms with E-state index in [1.54, 1.807) is 6.07 Å². The smallest absolute Gasteiger partial charge is 0.146 e. The molecule has 1 aromatic rings. The first-order valence-corrected chi connectivity index (χ1v) is 7.75. The van der Waals surface area contributed by atoms with Crippen LogP contribution in [0.5, 0.6) is 0 Å². The third-order valence-corrected chi connectivity index (χ3v) is 3.40. The number of hydrogen-bond donors (Lipinski definition) is 1. The van der Waals surface area contributed by atoms with Crippen LogP contribution >= 0.6 is 0 Å². The molecule has 0 aliphatic rings. The fourth-order valence-electron chi connectivity index (χ4n) is 2.22. The minimum absolute atomic E-state index is 0.133. The van der Waals surface area contributed by atoms with Crippen molar-refractivity contribution in [3.05, 3.63) is 29.6 Å². The van der Waals surface area contributed by atoms with Crippen molar-refractivity contribution in [3.8, 4) is 0 Å². The average Bonchev–Trinajstić information content (AvgIpc) is 2.37. The summed E-state index contributed by atoms with van der Waals surface area (Å²) < 4.78 is 14.2. The molecule has 0 bridgehead atoms. The van der Waals surface area contributed by atoms with Gasteiger partial charge in [0.1, 0.15) is 5.82 Å². The predicted octanol–water partition coefficient (Wildman–Crippen LogP) is 2.96. The van der Waals surface area contributed by atoms with Crippen LogP contribution in [0.1, 0.15) is 25.8 Å². The molecule has 120 valence electrons. The Bertz CT molecular complexity index is 418. The van der Waals surface area contributed by atoms with Gasteiger partial charge < -0.3 is 15.1 Å². The maximum atomic E-state index is 14.2. The van der Waals surface area contributed by atoms with Crippen LogP contribution in [0.3, 0.4) is 0 Å². The second-order valence-corrected chi connectivity index (χ2v) is 6.39. The summed E-state index contributed by atoms with van der Waals surface area (Å²) in [6, 6.07) is 5.54. The van der Waals surface area contributed by atoms with Gasteiger partial charge in [-0.25, -0.2) is 4.39 Å². The molecular weight excluding hydrogens is 265 g/mol. The van der Waals surface area contributed by atoms with E-state index in [1.807, 2.05) is 24.1 Å². The Morgan fingerprint density at radius 3 is 2.43 bits per heavy atom. The minimum atomic E-state index is -0.133. The van der Waals surface area contributed by atoms with Gasteiger partial charge in [-0.1, -0.05) is 19.9 Å². The van der Waals surface area contributed by atoms with Gasteiger partial charge in [0, 0.05) is 20.1 Å². The first kappa shape index (κ1) is 17.9. The lowest BCUT2D eigenvalue weighted by Gasteiger charge is -2.21. The van der Waals surface area contributed by atoms with Crippen molar-refractivity contribution < 1.29 is 4.39 Å². The summed E-state index contributed by atoms with van der Waals surface area (Å²) in [5, 5.41) is 3.34. The number of halogens is 1. The molecule has 0 amide bonds. The third-order valence-electron chi connectivity index (χ3n) is 3.40. The second-order valence-electron chi connectivity index (χ2n) is 6.39. The lowest BCUT2D eigenvalue weighted by Crippen LogP contribution is -2.24. The van der Waals surface area contributed by atoms with E-state index < -0.39 is 0 Å². The van der Waals surface area contributed by atoms with Crippen molar-refractivity contribution >= 4 is 5.69 Å². The Kier molecular flexibility index (Phi) is 7.68. The van der Waals surface area contributed by atoms with E-state index in [2.05, 4.69) is 38.2 Å². The topological polar surface area (TPSA) is 18.5 Å². The highest BCUT2D eigenvalue weighted by molar-refractivity contribution is 5.48. The van der Waals surface area contributed by atoms with Crippen LogP contribution in [0.15, 0.2) is 18.2 Å². The van der Waals surface area contributed by atoms with E-state index in [-0.39, 0.29) is 5.82 Å². The third kappa shape index (κ3) is 6.91. The summed E-state index contributed by atoms with van der Waals surface area (Å²) in [5.74, 6) is 0.475. The van der Waals surface area contributed by atoms with Gasteiger partial charge in [0.05, 0.1) is 5.69 Å². The molecule has 0 fully saturated rings. The van der Waals surface area contributed by atoms with Crippen molar-refractivity contribution in [2.75, 3.05) is 45.7 Å². The van der Waals surface area contributed by atoms with Crippen molar-refractivity contribution in [2.24, 2.45) is 5.92 Å². The van der Waals surface area contributed by atoms with E-state index >= 15 is 0 Å². The number of benzene rings is 1. The van der Waals surface area contributed by atoms with Gasteiger partial charge in [-0.05, 0) is 57.2 Å². The molecule has 0 saturated carbocycles. The maximum Gasteiger partial charge on any atom is 0.146 e. The number of anilines is 1. The molecule has 1 N–H and O–H groups in total. The molecule has 0 saturated heterocycles. The molecule has 0 atom stereocenters. The average molecular weight is 295 g/mol. The van der Waals surface area contributed by atoms with Gasteiger partial charge in [-0.3, -0.25) is 0 Å². The number of rotatable bonds is 9. The first-order chi connectivity index (χ1) is 9.90. The zero-order chi connectivity index (χ0) is 15.8. The van der Waals surface area contributed by atoms with Crippen LogP contribution in [-0.2, 0) is 6.54 Å². The Morgan fingerprint density at radius 2 is 1.86 bits per heavy atom. The fourth-order valence-corrected chi connectivity index (χ4v) is 2.22. The van der Waals surface area contributed by atoms with E-state index in [9.17, 15) is 4.39 Å². The van der Waals surface area contributed by atoms with E-state index in [0.29, 0.717) is 11.6 Å². The van der Waals surface area contributed by atoms with Crippen LogP contribution in [0.4, 0.5) is 10.1 Å². The largest absolute Gasteiger partial charge is 0.372 e. The summed E-state index contributed by atoms with van der Waals surface area (Å²) in [7, 11) is 6.06. The fraction of sp³-hybridized carbons (Fsp3) is 0.647. The molecule has 0 heterocycles. The van der Waals surface area contributed by atoms with Gasteiger partial charge in [-0.15, -0.1) is 0 Å². The maximum absolute atomic E-state index is 14.2. The molecule has 0 aromatic heterocycles. The molecule has 21 heavy (non-hydrogen) atoms. The van der Waals surface area contributed by atoms with Crippen LogP contribution < -0.4 is 10.2 Å². The highest BCUT2D eigenvalue weighted by Gasteiger charge is 2.08. The van der Waals surface area contributed by atoms with Gasteiger partial charge in [0.25, 0.3) is 0 Å². The lowest BCUT2D eigenvalue weighted by molar-refractivity contribution is 0.401. The highest BCUT2D eigenvalue weighted by Crippen LogP contribution is 2.19. The van der Waals surface area contributed by atoms with Crippen LogP contribution in [0, 0.1) is 11.7 Å². The molecule has 1 aromatic carbocycles. The molecular formula is C17H30FN3. The first-order valence-electron chi connectivity index (χ1n) is 7.75. The Morgan fingerprint density at radius 1 is 1.14 bits per heavy atom. The van der Waals surface area contributed by atoms with E-state index in [0.717, 1.165) is 38.2 Å². The van der Waals surface area contributed by atoms with Crippen molar-refractivity contribution in [1.29, 1.82) is 0 Å². The predicted molar refractivity (Wildman–Crippen MR) is 89.4 cm³/mol. The lowest BCUT2D eigenvalue weighted by atomic mass is 10.1. The summed E-state index contributed by atoms with van der Waals surface area (Å²) >= 11 is 0. The molecule has 0 aliphatic carbocycles. The van der Waals surface area contributed by atoms with Gasteiger partial charge in [0.2, 0.25) is 0 Å². The molecule has 0 radical (unpaired) electrons. The highest BCUT2D eigenvalue weighted by atomic mass is 19.1. The SMILES string of the molecule is CC(C)CNCc1ccc(N(C)CCCN(C)C)c(F)c1. The molecule has 1 rings (SSSR count).